The van der Waals surface area contributed by atoms with E-state index in [-0.39, 0.29) is 19.2 Å². The Morgan fingerprint density at radius 2 is 2.07 bits per heavy atom. The second kappa shape index (κ2) is 9.91. The van der Waals surface area contributed by atoms with Crippen molar-refractivity contribution in [2.24, 2.45) is 5.92 Å². The summed E-state index contributed by atoms with van der Waals surface area (Å²) in [7, 11) is 1.30. The van der Waals surface area contributed by atoms with Gasteiger partial charge in [0.25, 0.3) is 0 Å². The van der Waals surface area contributed by atoms with Crippen molar-refractivity contribution in [1.29, 1.82) is 0 Å². The van der Waals surface area contributed by atoms with Crippen molar-refractivity contribution in [3.63, 3.8) is 0 Å². The Balaban J connectivity index is 2.34. The van der Waals surface area contributed by atoms with E-state index in [0.29, 0.717) is 16.6 Å². The van der Waals surface area contributed by atoms with E-state index in [9.17, 15) is 9.59 Å². The molecule has 1 aromatic carbocycles. The number of hydrogen-bond donors (Lipinski definition) is 2. The molecule has 0 bridgehead atoms. The molecule has 0 spiro atoms. The van der Waals surface area contributed by atoms with Gasteiger partial charge in [0.2, 0.25) is 0 Å². The number of hydrogen-bond acceptors (Lipinski definition) is 6. The third-order valence-corrected chi connectivity index (χ3v) is 4.20. The van der Waals surface area contributed by atoms with Crippen LogP contribution < -0.4 is 15.4 Å². The maximum absolute atomic E-state index is 12.6. The lowest BCUT2D eigenvalue weighted by atomic mass is 9.88. The molecule has 0 amide bonds. The number of allylic oxidation sites excluding steroid dienone is 1. The standard InChI is InChI=1S/C19H24N2O5S/c1-4-7-14-16(18(23)25-5-2)17(21-19(27)20-14)12-8-6-9-13(10-12)26-11-15(22)24-3/h6-10,16-17H,4-5,11H2,1-3H3,(H2,20,21,27)/b14-7+/t16-,17+/m1/s1. The van der Waals surface area contributed by atoms with E-state index >= 15 is 0 Å². The number of carbonyl (C=O) groups excluding carboxylic acids is 2. The van der Waals surface area contributed by atoms with Gasteiger partial charge in [0, 0.05) is 5.70 Å². The van der Waals surface area contributed by atoms with Crippen LogP contribution in [0.15, 0.2) is 36.0 Å². The van der Waals surface area contributed by atoms with E-state index in [1.54, 1.807) is 25.1 Å². The third-order valence-electron chi connectivity index (χ3n) is 3.98. The Hall–Kier alpha value is -2.61. The van der Waals surface area contributed by atoms with Crippen LogP contribution in [-0.2, 0) is 19.1 Å². The molecule has 1 aliphatic rings. The van der Waals surface area contributed by atoms with Gasteiger partial charge in [-0.3, -0.25) is 4.79 Å². The molecule has 7 nitrogen and oxygen atoms in total. The Bertz CT molecular complexity index is 735. The lowest BCUT2D eigenvalue weighted by molar-refractivity contribution is -0.148. The number of nitrogens with one attached hydrogen (secondary N) is 2. The zero-order valence-corrected chi connectivity index (χ0v) is 16.4. The van der Waals surface area contributed by atoms with Crippen LogP contribution in [0.3, 0.4) is 0 Å². The molecule has 8 heteroatoms. The van der Waals surface area contributed by atoms with E-state index in [1.165, 1.54) is 7.11 Å². The van der Waals surface area contributed by atoms with E-state index in [2.05, 4.69) is 15.4 Å². The molecule has 1 aliphatic heterocycles. The zero-order chi connectivity index (χ0) is 19.8. The summed E-state index contributed by atoms with van der Waals surface area (Å²) in [6.45, 7) is 3.85. The van der Waals surface area contributed by atoms with E-state index in [0.717, 1.165) is 12.0 Å². The van der Waals surface area contributed by atoms with Gasteiger partial charge in [0.15, 0.2) is 11.7 Å². The first kappa shape index (κ1) is 20.7. The lowest BCUT2D eigenvalue weighted by Gasteiger charge is -2.35. The summed E-state index contributed by atoms with van der Waals surface area (Å²) in [6.07, 6.45) is 2.68. The van der Waals surface area contributed by atoms with Crippen LogP contribution in [0.1, 0.15) is 31.9 Å². The van der Waals surface area contributed by atoms with Gasteiger partial charge in [-0.15, -0.1) is 0 Å². The van der Waals surface area contributed by atoms with Crippen LogP contribution in [0.5, 0.6) is 5.75 Å². The van der Waals surface area contributed by atoms with Crippen molar-refractivity contribution in [3.8, 4) is 5.75 Å². The van der Waals surface area contributed by atoms with Crippen molar-refractivity contribution in [3.05, 3.63) is 41.6 Å². The quantitative estimate of drug-likeness (QED) is 0.540. The Labute approximate surface area is 164 Å². The molecular weight excluding hydrogens is 368 g/mol. The summed E-state index contributed by atoms with van der Waals surface area (Å²) in [5.41, 5.74) is 1.51. The minimum absolute atomic E-state index is 0.194. The molecule has 1 saturated heterocycles. The van der Waals surface area contributed by atoms with Gasteiger partial charge in [-0.25, -0.2) is 4.79 Å². The Morgan fingerprint density at radius 1 is 1.30 bits per heavy atom. The minimum atomic E-state index is -0.576. The van der Waals surface area contributed by atoms with Crippen LogP contribution in [-0.4, -0.2) is 37.4 Å². The van der Waals surface area contributed by atoms with Crippen molar-refractivity contribution >= 4 is 29.3 Å². The highest BCUT2D eigenvalue weighted by Gasteiger charge is 2.38. The fourth-order valence-corrected chi connectivity index (χ4v) is 3.06. The van der Waals surface area contributed by atoms with Crippen LogP contribution in [0, 0.1) is 5.92 Å². The monoisotopic (exact) mass is 392 g/mol. The van der Waals surface area contributed by atoms with Crippen LogP contribution >= 0.6 is 12.2 Å². The van der Waals surface area contributed by atoms with Gasteiger partial charge in [-0.05, 0) is 43.3 Å². The second-order valence-corrected chi connectivity index (χ2v) is 6.22. The normalized spacial score (nSPS) is 20.4. The van der Waals surface area contributed by atoms with E-state index in [1.807, 2.05) is 19.1 Å². The first-order chi connectivity index (χ1) is 13.0. The first-order valence-electron chi connectivity index (χ1n) is 8.73. The molecule has 1 heterocycles. The summed E-state index contributed by atoms with van der Waals surface area (Å²) in [4.78, 5) is 23.9. The molecule has 146 valence electrons. The molecular formula is C19H24N2O5S. The molecule has 0 aromatic heterocycles. The van der Waals surface area contributed by atoms with Crippen molar-refractivity contribution < 1.29 is 23.8 Å². The van der Waals surface area contributed by atoms with Gasteiger partial charge in [0.1, 0.15) is 11.7 Å². The molecule has 1 fully saturated rings. The average molecular weight is 392 g/mol. The number of benzene rings is 1. The van der Waals surface area contributed by atoms with E-state index < -0.39 is 17.9 Å². The second-order valence-electron chi connectivity index (χ2n) is 5.81. The summed E-state index contributed by atoms with van der Waals surface area (Å²) < 4.78 is 15.3. The highest BCUT2D eigenvalue weighted by Crippen LogP contribution is 2.33. The maximum atomic E-state index is 12.6. The van der Waals surface area contributed by atoms with Gasteiger partial charge in [-0.2, -0.15) is 0 Å². The number of esters is 2. The molecule has 0 saturated carbocycles. The van der Waals surface area contributed by atoms with E-state index in [4.69, 9.17) is 21.7 Å². The molecule has 0 aliphatic carbocycles. The molecule has 2 atom stereocenters. The molecule has 0 unspecified atom stereocenters. The van der Waals surface area contributed by atoms with Crippen LogP contribution in [0.4, 0.5) is 0 Å². The predicted molar refractivity (Wildman–Crippen MR) is 104 cm³/mol. The number of thiocarbonyl (C=S) groups is 1. The zero-order valence-electron chi connectivity index (χ0n) is 15.6. The van der Waals surface area contributed by atoms with Gasteiger partial charge < -0.3 is 24.8 Å². The largest absolute Gasteiger partial charge is 0.482 e. The molecule has 2 N–H and O–H groups in total. The predicted octanol–water partition coefficient (Wildman–Crippen LogP) is 2.23. The molecule has 1 aromatic rings. The fourth-order valence-electron chi connectivity index (χ4n) is 2.82. The van der Waals surface area contributed by atoms with Gasteiger partial charge in [-0.1, -0.05) is 25.1 Å². The number of methoxy groups -OCH3 is 1. The molecule has 0 radical (unpaired) electrons. The fraction of sp³-hybridized carbons (Fsp3) is 0.421. The van der Waals surface area contributed by atoms with Crippen molar-refractivity contribution in [2.45, 2.75) is 26.3 Å². The number of ether oxygens (including phenoxy) is 3. The Kier molecular flexibility index (Phi) is 7.60. The number of rotatable bonds is 7. The highest BCUT2D eigenvalue weighted by molar-refractivity contribution is 7.80. The lowest BCUT2D eigenvalue weighted by Crippen LogP contribution is -2.51. The number of carbonyl (C=O) groups is 2. The smallest absolute Gasteiger partial charge is 0.343 e. The van der Waals surface area contributed by atoms with Crippen LogP contribution in [0.2, 0.25) is 0 Å². The van der Waals surface area contributed by atoms with Gasteiger partial charge >= 0.3 is 11.9 Å². The summed E-state index contributed by atoms with van der Waals surface area (Å²) in [6, 6.07) is 6.74. The third kappa shape index (κ3) is 5.43. The highest BCUT2D eigenvalue weighted by atomic mass is 32.1. The average Bonchev–Trinajstić information content (AvgIpc) is 2.66. The summed E-state index contributed by atoms with van der Waals surface area (Å²) in [5, 5.41) is 6.63. The SMILES string of the molecule is CC/C=C1/NC(=S)N[C@@H](c2cccc(OCC(=O)OC)c2)[C@@H]1C(=O)OCC. The first-order valence-corrected chi connectivity index (χ1v) is 9.14. The Morgan fingerprint density at radius 3 is 2.74 bits per heavy atom. The topological polar surface area (TPSA) is 85.9 Å². The summed E-state index contributed by atoms with van der Waals surface area (Å²) in [5.74, 6) is -0.898. The minimum Gasteiger partial charge on any atom is -0.482 e. The van der Waals surface area contributed by atoms with Gasteiger partial charge in [0.05, 0.1) is 19.8 Å². The van der Waals surface area contributed by atoms with Crippen molar-refractivity contribution in [1.82, 2.24) is 10.6 Å². The van der Waals surface area contributed by atoms with Crippen LogP contribution in [0.25, 0.3) is 0 Å². The molecule has 27 heavy (non-hydrogen) atoms. The van der Waals surface area contributed by atoms with Crippen molar-refractivity contribution in [2.75, 3.05) is 20.3 Å². The summed E-state index contributed by atoms with van der Waals surface area (Å²) >= 11 is 5.30. The molecule has 2 rings (SSSR count). The maximum Gasteiger partial charge on any atom is 0.343 e.